The van der Waals surface area contributed by atoms with E-state index in [1.54, 1.807) is 24.3 Å². The molecular weight excluding hydrogens is 366 g/mol. The molecule has 0 aromatic heterocycles. The molecule has 1 aliphatic rings. The van der Waals surface area contributed by atoms with Crippen LogP contribution in [0, 0.1) is 0 Å². The first-order chi connectivity index (χ1) is 13.3. The van der Waals surface area contributed by atoms with Crippen molar-refractivity contribution in [1.82, 2.24) is 15.5 Å². The lowest BCUT2D eigenvalue weighted by Crippen LogP contribution is -2.40. The van der Waals surface area contributed by atoms with E-state index < -0.39 is 24.4 Å². The fourth-order valence-corrected chi connectivity index (χ4v) is 2.87. The molecule has 0 aliphatic carbocycles. The SMILES string of the molecule is COc1ccc(C(=O)NC[C@H]2O[C@H](CC(=O)NCCN(C)C)[C@@H](O)[C@@H]2O)cc1. The van der Waals surface area contributed by atoms with Gasteiger partial charge in [-0.05, 0) is 38.4 Å². The summed E-state index contributed by atoms with van der Waals surface area (Å²) >= 11 is 0. The summed E-state index contributed by atoms with van der Waals surface area (Å²) < 4.78 is 10.6. The molecule has 1 aliphatic heterocycles. The number of hydrogen-bond donors (Lipinski definition) is 4. The highest BCUT2D eigenvalue weighted by molar-refractivity contribution is 5.94. The molecule has 9 nitrogen and oxygen atoms in total. The number of carbonyl (C=O) groups is 2. The highest BCUT2D eigenvalue weighted by atomic mass is 16.5. The van der Waals surface area contributed by atoms with Gasteiger partial charge in [-0.2, -0.15) is 0 Å². The van der Waals surface area contributed by atoms with Crippen molar-refractivity contribution < 1.29 is 29.3 Å². The maximum absolute atomic E-state index is 12.2. The third-order valence-electron chi connectivity index (χ3n) is 4.55. The van der Waals surface area contributed by atoms with Gasteiger partial charge in [-0.15, -0.1) is 0 Å². The Morgan fingerprint density at radius 3 is 2.36 bits per heavy atom. The summed E-state index contributed by atoms with van der Waals surface area (Å²) in [5.74, 6) is 0.0414. The van der Waals surface area contributed by atoms with E-state index in [1.807, 2.05) is 19.0 Å². The maximum atomic E-state index is 12.2. The van der Waals surface area contributed by atoms with Crippen LogP contribution in [0.1, 0.15) is 16.8 Å². The molecule has 0 unspecified atom stereocenters. The zero-order valence-corrected chi connectivity index (χ0v) is 16.4. The molecule has 156 valence electrons. The van der Waals surface area contributed by atoms with Gasteiger partial charge in [0.15, 0.2) is 0 Å². The first kappa shape index (κ1) is 22.1. The number of hydrogen-bond acceptors (Lipinski definition) is 7. The molecule has 0 bridgehead atoms. The lowest BCUT2D eigenvalue weighted by Gasteiger charge is -2.16. The number of rotatable bonds is 9. The topological polar surface area (TPSA) is 120 Å². The number of likely N-dealkylation sites (N-methyl/N-ethyl adjacent to an activating group) is 1. The van der Waals surface area contributed by atoms with E-state index >= 15 is 0 Å². The van der Waals surface area contributed by atoms with Crippen LogP contribution in [0.2, 0.25) is 0 Å². The van der Waals surface area contributed by atoms with Crippen LogP contribution < -0.4 is 15.4 Å². The molecular formula is C19H29N3O6. The molecule has 2 amide bonds. The number of nitrogens with zero attached hydrogens (tertiary/aromatic N) is 1. The summed E-state index contributed by atoms with van der Waals surface area (Å²) in [6.45, 7) is 1.20. The highest BCUT2D eigenvalue weighted by Gasteiger charge is 2.43. The molecule has 1 fully saturated rings. The van der Waals surface area contributed by atoms with Gasteiger partial charge < -0.3 is 35.2 Å². The van der Waals surface area contributed by atoms with Gasteiger partial charge in [-0.1, -0.05) is 0 Å². The van der Waals surface area contributed by atoms with E-state index in [2.05, 4.69) is 10.6 Å². The van der Waals surface area contributed by atoms with Gasteiger partial charge in [-0.3, -0.25) is 9.59 Å². The van der Waals surface area contributed by atoms with Gasteiger partial charge in [0.2, 0.25) is 5.91 Å². The predicted octanol–water partition coefficient (Wildman–Crippen LogP) is -1.02. The Labute approximate surface area is 164 Å². The average Bonchev–Trinajstić information content (AvgIpc) is 2.93. The Bertz CT molecular complexity index is 652. The summed E-state index contributed by atoms with van der Waals surface area (Å²) in [5.41, 5.74) is 0.436. The summed E-state index contributed by atoms with van der Waals surface area (Å²) in [6.07, 6.45) is -4.05. The Kier molecular flexibility index (Phi) is 8.18. The molecule has 1 aromatic carbocycles. The number of amides is 2. The van der Waals surface area contributed by atoms with Crippen LogP contribution in [-0.2, 0) is 9.53 Å². The second kappa shape index (κ2) is 10.4. The Balaban J connectivity index is 1.81. The second-order valence-electron chi connectivity index (χ2n) is 6.99. The quantitative estimate of drug-likeness (QED) is 0.422. The molecule has 1 heterocycles. The van der Waals surface area contributed by atoms with Crippen LogP contribution in [-0.4, -0.2) is 92.2 Å². The van der Waals surface area contributed by atoms with Gasteiger partial charge in [-0.25, -0.2) is 0 Å². The summed E-state index contributed by atoms with van der Waals surface area (Å²) in [5, 5.41) is 25.7. The predicted molar refractivity (Wildman–Crippen MR) is 102 cm³/mol. The van der Waals surface area contributed by atoms with Crippen molar-refractivity contribution in [2.45, 2.75) is 30.8 Å². The lowest BCUT2D eigenvalue weighted by atomic mass is 10.1. The van der Waals surface area contributed by atoms with Crippen molar-refractivity contribution in [1.29, 1.82) is 0 Å². The minimum Gasteiger partial charge on any atom is -0.497 e. The molecule has 4 atom stereocenters. The number of carbonyl (C=O) groups excluding carboxylic acids is 2. The first-order valence-electron chi connectivity index (χ1n) is 9.17. The fourth-order valence-electron chi connectivity index (χ4n) is 2.87. The second-order valence-corrected chi connectivity index (χ2v) is 6.99. The number of aliphatic hydroxyl groups excluding tert-OH is 2. The molecule has 0 spiro atoms. The average molecular weight is 395 g/mol. The first-order valence-corrected chi connectivity index (χ1v) is 9.17. The van der Waals surface area contributed by atoms with Crippen molar-refractivity contribution >= 4 is 11.8 Å². The molecule has 9 heteroatoms. The van der Waals surface area contributed by atoms with Crippen LogP contribution in [0.15, 0.2) is 24.3 Å². The van der Waals surface area contributed by atoms with Crippen molar-refractivity contribution in [2.24, 2.45) is 0 Å². The Morgan fingerprint density at radius 1 is 1.11 bits per heavy atom. The summed E-state index contributed by atoms with van der Waals surface area (Å²) in [4.78, 5) is 26.1. The highest BCUT2D eigenvalue weighted by Crippen LogP contribution is 2.23. The number of aliphatic hydroxyl groups is 2. The van der Waals surface area contributed by atoms with Gasteiger partial charge in [0.25, 0.3) is 5.91 Å². The van der Waals surface area contributed by atoms with Gasteiger partial charge in [0.05, 0.1) is 19.6 Å². The van der Waals surface area contributed by atoms with Crippen LogP contribution >= 0.6 is 0 Å². The Morgan fingerprint density at radius 2 is 1.75 bits per heavy atom. The van der Waals surface area contributed by atoms with Crippen molar-refractivity contribution in [3.8, 4) is 5.75 Å². The summed E-state index contributed by atoms with van der Waals surface area (Å²) in [7, 11) is 5.34. The number of benzene rings is 1. The number of ether oxygens (including phenoxy) is 2. The molecule has 1 aromatic rings. The largest absolute Gasteiger partial charge is 0.497 e. The summed E-state index contributed by atoms with van der Waals surface area (Å²) in [6, 6.07) is 6.58. The molecule has 28 heavy (non-hydrogen) atoms. The number of nitrogens with one attached hydrogen (secondary N) is 2. The minimum atomic E-state index is -1.19. The molecule has 0 radical (unpaired) electrons. The van der Waals surface area contributed by atoms with E-state index in [-0.39, 0.29) is 24.8 Å². The van der Waals surface area contributed by atoms with Crippen LogP contribution in [0.25, 0.3) is 0 Å². The van der Waals surface area contributed by atoms with E-state index in [1.165, 1.54) is 7.11 Å². The maximum Gasteiger partial charge on any atom is 0.251 e. The normalized spacial score (nSPS) is 24.2. The number of methoxy groups -OCH3 is 1. The zero-order chi connectivity index (χ0) is 20.7. The third-order valence-corrected chi connectivity index (χ3v) is 4.55. The fraction of sp³-hybridized carbons (Fsp3) is 0.579. The third kappa shape index (κ3) is 6.16. The van der Waals surface area contributed by atoms with Crippen molar-refractivity contribution in [3.63, 3.8) is 0 Å². The van der Waals surface area contributed by atoms with E-state index in [0.29, 0.717) is 24.4 Å². The standard InChI is InChI=1S/C19H29N3O6/c1-22(2)9-8-20-16(23)10-14-17(24)18(25)15(28-14)11-21-19(26)12-4-6-13(27-3)7-5-12/h4-7,14-15,17-18,24-25H,8-11H2,1-3H3,(H,20,23)(H,21,26)/t14-,15-,17-,18-/m1/s1. The van der Waals surface area contributed by atoms with Gasteiger partial charge >= 0.3 is 0 Å². The Hall–Kier alpha value is -2.20. The van der Waals surface area contributed by atoms with E-state index in [0.717, 1.165) is 0 Å². The van der Waals surface area contributed by atoms with Gasteiger partial charge in [0, 0.05) is 25.2 Å². The van der Waals surface area contributed by atoms with Crippen LogP contribution in [0.3, 0.4) is 0 Å². The molecule has 1 saturated heterocycles. The van der Waals surface area contributed by atoms with Crippen molar-refractivity contribution in [2.75, 3.05) is 40.8 Å². The minimum absolute atomic E-state index is 0.0157. The lowest BCUT2D eigenvalue weighted by molar-refractivity contribution is -0.125. The van der Waals surface area contributed by atoms with Gasteiger partial charge in [0.1, 0.15) is 24.1 Å². The molecule has 4 N–H and O–H groups in total. The van der Waals surface area contributed by atoms with Crippen molar-refractivity contribution in [3.05, 3.63) is 29.8 Å². The van der Waals surface area contributed by atoms with Crippen LogP contribution in [0.5, 0.6) is 5.75 Å². The molecule has 0 saturated carbocycles. The van der Waals surface area contributed by atoms with E-state index in [9.17, 15) is 19.8 Å². The molecule has 2 rings (SSSR count). The van der Waals surface area contributed by atoms with E-state index in [4.69, 9.17) is 9.47 Å². The zero-order valence-electron chi connectivity index (χ0n) is 16.4. The monoisotopic (exact) mass is 395 g/mol. The smallest absolute Gasteiger partial charge is 0.251 e. The van der Waals surface area contributed by atoms with Crippen LogP contribution in [0.4, 0.5) is 0 Å².